The van der Waals surface area contributed by atoms with Crippen molar-refractivity contribution >= 4 is 0 Å². The minimum absolute atomic E-state index is 0.0834. The van der Waals surface area contributed by atoms with Gasteiger partial charge in [-0.25, -0.2) is 4.39 Å². The molecule has 3 heteroatoms. The number of rotatable bonds is 4. The molecule has 1 unspecified atom stereocenters. The van der Waals surface area contributed by atoms with E-state index in [2.05, 4.69) is 5.32 Å². The zero-order valence-electron chi connectivity index (χ0n) is 8.68. The fraction of sp³-hybridized carbons (Fsp3) is 0.455. The zero-order valence-corrected chi connectivity index (χ0v) is 8.68. The highest BCUT2D eigenvalue weighted by Crippen LogP contribution is 2.17. The van der Waals surface area contributed by atoms with Crippen LogP contribution in [0.5, 0.6) is 0 Å². The molecule has 0 bridgehead atoms. The van der Waals surface area contributed by atoms with E-state index in [-0.39, 0.29) is 11.9 Å². The van der Waals surface area contributed by atoms with Gasteiger partial charge in [0, 0.05) is 18.2 Å². The van der Waals surface area contributed by atoms with Crippen LogP contribution >= 0.6 is 0 Å². The first-order chi connectivity index (χ1) is 6.69. The molecule has 0 heterocycles. The third-order valence-corrected chi connectivity index (χ3v) is 2.21. The smallest absolute Gasteiger partial charge is 0.128 e. The first kappa shape index (κ1) is 11.1. The van der Waals surface area contributed by atoms with E-state index in [0.717, 1.165) is 12.1 Å². The van der Waals surface area contributed by atoms with Gasteiger partial charge in [-0.2, -0.15) is 0 Å². The van der Waals surface area contributed by atoms with Crippen LogP contribution in [0.15, 0.2) is 18.2 Å². The summed E-state index contributed by atoms with van der Waals surface area (Å²) in [5.41, 5.74) is 7.30. The molecule has 0 aliphatic heterocycles. The third-order valence-electron chi connectivity index (χ3n) is 2.21. The van der Waals surface area contributed by atoms with Gasteiger partial charge in [0.25, 0.3) is 0 Å². The van der Waals surface area contributed by atoms with E-state index >= 15 is 0 Å². The molecule has 78 valence electrons. The maximum Gasteiger partial charge on any atom is 0.128 e. The van der Waals surface area contributed by atoms with Crippen molar-refractivity contribution in [3.63, 3.8) is 0 Å². The van der Waals surface area contributed by atoms with Gasteiger partial charge < -0.3 is 11.1 Å². The molecule has 2 nitrogen and oxygen atoms in total. The van der Waals surface area contributed by atoms with Gasteiger partial charge in [-0.15, -0.1) is 0 Å². The molecule has 1 atom stereocenters. The number of halogens is 1. The van der Waals surface area contributed by atoms with Gasteiger partial charge >= 0.3 is 0 Å². The fourth-order valence-corrected chi connectivity index (χ4v) is 1.50. The van der Waals surface area contributed by atoms with Crippen LogP contribution in [0.1, 0.15) is 24.1 Å². The SMILES string of the molecule is CCNC(CN)c1cc(C)ccc1F. The molecule has 0 aliphatic rings. The van der Waals surface area contributed by atoms with Gasteiger partial charge in [-0.1, -0.05) is 24.6 Å². The maximum atomic E-state index is 13.4. The van der Waals surface area contributed by atoms with E-state index in [1.54, 1.807) is 6.07 Å². The molecule has 0 fully saturated rings. The molecule has 14 heavy (non-hydrogen) atoms. The van der Waals surface area contributed by atoms with Crippen LogP contribution in [0.4, 0.5) is 4.39 Å². The lowest BCUT2D eigenvalue weighted by molar-refractivity contribution is 0.518. The van der Waals surface area contributed by atoms with Crippen molar-refractivity contribution < 1.29 is 4.39 Å². The van der Waals surface area contributed by atoms with Gasteiger partial charge in [-0.05, 0) is 19.5 Å². The minimum atomic E-state index is -0.188. The summed E-state index contributed by atoms with van der Waals surface area (Å²) in [7, 11) is 0. The topological polar surface area (TPSA) is 38.0 Å². The lowest BCUT2D eigenvalue weighted by Gasteiger charge is -2.17. The van der Waals surface area contributed by atoms with Gasteiger partial charge in [0.1, 0.15) is 5.82 Å². The Balaban J connectivity index is 2.96. The molecule has 0 radical (unpaired) electrons. The van der Waals surface area contributed by atoms with Crippen molar-refractivity contribution in [1.82, 2.24) is 5.32 Å². The number of benzene rings is 1. The predicted octanol–water partition coefficient (Wildman–Crippen LogP) is 1.74. The maximum absolute atomic E-state index is 13.4. The molecule has 0 amide bonds. The molecule has 1 aromatic carbocycles. The number of hydrogen-bond donors (Lipinski definition) is 2. The van der Waals surface area contributed by atoms with Gasteiger partial charge in [0.05, 0.1) is 0 Å². The second kappa shape index (κ2) is 5.08. The highest BCUT2D eigenvalue weighted by Gasteiger charge is 2.12. The lowest BCUT2D eigenvalue weighted by Crippen LogP contribution is -2.28. The van der Waals surface area contributed by atoms with Gasteiger partial charge in [0.15, 0.2) is 0 Å². The Morgan fingerprint density at radius 3 is 2.79 bits per heavy atom. The van der Waals surface area contributed by atoms with E-state index in [4.69, 9.17) is 5.73 Å². The summed E-state index contributed by atoms with van der Waals surface area (Å²) in [4.78, 5) is 0. The van der Waals surface area contributed by atoms with Crippen LogP contribution in [0.3, 0.4) is 0 Å². The molecular formula is C11H17FN2. The normalized spacial score (nSPS) is 12.9. The monoisotopic (exact) mass is 196 g/mol. The second-order valence-corrected chi connectivity index (χ2v) is 3.37. The summed E-state index contributed by atoms with van der Waals surface area (Å²) in [6.07, 6.45) is 0. The van der Waals surface area contributed by atoms with Crippen LogP contribution in [-0.2, 0) is 0 Å². The molecule has 1 aromatic rings. The first-order valence-corrected chi connectivity index (χ1v) is 4.88. The van der Waals surface area contributed by atoms with E-state index in [1.165, 1.54) is 6.07 Å². The first-order valence-electron chi connectivity index (χ1n) is 4.88. The third kappa shape index (κ3) is 2.53. The standard InChI is InChI=1S/C11H17FN2/c1-3-14-11(7-13)9-6-8(2)4-5-10(9)12/h4-6,11,14H,3,7,13H2,1-2H3. The summed E-state index contributed by atoms with van der Waals surface area (Å²) in [5.74, 6) is -0.188. The number of aryl methyl sites for hydroxylation is 1. The number of hydrogen-bond acceptors (Lipinski definition) is 2. The predicted molar refractivity (Wildman–Crippen MR) is 56.6 cm³/mol. The van der Waals surface area contributed by atoms with Crippen LogP contribution in [0.25, 0.3) is 0 Å². The minimum Gasteiger partial charge on any atom is -0.329 e. The van der Waals surface area contributed by atoms with Crippen LogP contribution in [0.2, 0.25) is 0 Å². The summed E-state index contributed by atoms with van der Waals surface area (Å²) in [6.45, 7) is 5.13. The number of nitrogens with two attached hydrogens (primary N) is 1. The number of likely N-dealkylation sites (N-methyl/N-ethyl adjacent to an activating group) is 1. The summed E-state index contributed by atoms with van der Waals surface area (Å²) in [6, 6.07) is 5.01. The van der Waals surface area contributed by atoms with Crippen molar-refractivity contribution in [2.24, 2.45) is 5.73 Å². The summed E-state index contributed by atoms with van der Waals surface area (Å²) in [5, 5.41) is 3.15. The van der Waals surface area contributed by atoms with E-state index in [0.29, 0.717) is 12.1 Å². The van der Waals surface area contributed by atoms with Crippen molar-refractivity contribution in [2.45, 2.75) is 19.9 Å². The van der Waals surface area contributed by atoms with Crippen molar-refractivity contribution in [3.05, 3.63) is 35.1 Å². The van der Waals surface area contributed by atoms with Crippen LogP contribution in [-0.4, -0.2) is 13.1 Å². The second-order valence-electron chi connectivity index (χ2n) is 3.37. The summed E-state index contributed by atoms with van der Waals surface area (Å²) < 4.78 is 13.4. The molecular weight excluding hydrogens is 179 g/mol. The molecule has 0 spiro atoms. The molecule has 0 saturated carbocycles. The van der Waals surface area contributed by atoms with Crippen molar-refractivity contribution in [2.75, 3.05) is 13.1 Å². The Morgan fingerprint density at radius 1 is 1.50 bits per heavy atom. The van der Waals surface area contributed by atoms with E-state index in [9.17, 15) is 4.39 Å². The fourth-order valence-electron chi connectivity index (χ4n) is 1.50. The average Bonchev–Trinajstić information content (AvgIpc) is 2.18. The largest absolute Gasteiger partial charge is 0.329 e. The molecule has 1 rings (SSSR count). The highest BCUT2D eigenvalue weighted by molar-refractivity contribution is 5.27. The zero-order chi connectivity index (χ0) is 10.6. The van der Waals surface area contributed by atoms with Crippen LogP contribution in [0, 0.1) is 12.7 Å². The Kier molecular flexibility index (Phi) is 4.04. The lowest BCUT2D eigenvalue weighted by atomic mass is 10.0. The molecule has 3 N–H and O–H groups in total. The van der Waals surface area contributed by atoms with E-state index in [1.807, 2.05) is 19.9 Å². The van der Waals surface area contributed by atoms with Gasteiger partial charge in [-0.3, -0.25) is 0 Å². The molecule has 0 aliphatic carbocycles. The molecule has 0 aromatic heterocycles. The Hall–Kier alpha value is -0.930. The molecule has 0 saturated heterocycles. The average molecular weight is 196 g/mol. The van der Waals surface area contributed by atoms with E-state index < -0.39 is 0 Å². The Morgan fingerprint density at radius 2 is 2.21 bits per heavy atom. The quantitative estimate of drug-likeness (QED) is 0.769. The van der Waals surface area contributed by atoms with Crippen molar-refractivity contribution in [1.29, 1.82) is 0 Å². The number of nitrogens with one attached hydrogen (secondary N) is 1. The van der Waals surface area contributed by atoms with Crippen LogP contribution < -0.4 is 11.1 Å². The highest BCUT2D eigenvalue weighted by atomic mass is 19.1. The Bertz CT molecular complexity index is 299. The summed E-state index contributed by atoms with van der Waals surface area (Å²) >= 11 is 0. The Labute approximate surface area is 84.3 Å². The van der Waals surface area contributed by atoms with Crippen molar-refractivity contribution in [3.8, 4) is 0 Å². The van der Waals surface area contributed by atoms with Gasteiger partial charge in [0.2, 0.25) is 0 Å².